The number of allylic oxidation sites excluding steroid dienone is 4. The number of imide groups is 1. The Labute approximate surface area is 104 Å². The van der Waals surface area contributed by atoms with E-state index >= 15 is 0 Å². The van der Waals surface area contributed by atoms with Gasteiger partial charge in [0.25, 0.3) is 11.8 Å². The maximum Gasteiger partial charge on any atom is 0.363 e. The number of rotatable bonds is 2. The maximum absolute atomic E-state index is 11.8. The van der Waals surface area contributed by atoms with Crippen LogP contribution < -0.4 is 0 Å². The van der Waals surface area contributed by atoms with E-state index in [-0.39, 0.29) is 12.8 Å². The van der Waals surface area contributed by atoms with Gasteiger partial charge in [-0.2, -0.15) is 0 Å². The van der Waals surface area contributed by atoms with Crippen LogP contribution in [0.3, 0.4) is 0 Å². The summed E-state index contributed by atoms with van der Waals surface area (Å²) in [6.45, 7) is 0. The fourth-order valence-corrected chi connectivity index (χ4v) is 1.68. The minimum atomic E-state index is -0.676. The van der Waals surface area contributed by atoms with Crippen LogP contribution in [0.5, 0.6) is 0 Å². The van der Waals surface area contributed by atoms with Gasteiger partial charge in [0.05, 0.1) is 5.57 Å². The predicted octanol–water partition coefficient (Wildman–Crippen LogP) is 1.43. The summed E-state index contributed by atoms with van der Waals surface area (Å²) in [6.07, 6.45) is 10.6. The Morgan fingerprint density at radius 3 is 2.56 bits per heavy atom. The van der Waals surface area contributed by atoms with Crippen LogP contribution in [0.2, 0.25) is 0 Å². The van der Waals surface area contributed by atoms with E-state index in [9.17, 15) is 14.4 Å². The van der Waals surface area contributed by atoms with Crippen molar-refractivity contribution >= 4 is 17.8 Å². The highest BCUT2D eigenvalue weighted by molar-refractivity contribution is 6.03. The van der Waals surface area contributed by atoms with Crippen molar-refractivity contribution in [3.63, 3.8) is 0 Å². The molecule has 0 radical (unpaired) electrons. The number of hydrogen-bond donors (Lipinski definition) is 0. The van der Waals surface area contributed by atoms with Crippen molar-refractivity contribution in [1.29, 1.82) is 0 Å². The minimum absolute atomic E-state index is 0.101. The largest absolute Gasteiger partial charge is 0.363 e. The van der Waals surface area contributed by atoms with Gasteiger partial charge in [0, 0.05) is 12.8 Å². The molecule has 0 aromatic rings. The molecule has 0 aromatic carbocycles. The average molecular weight is 247 g/mol. The second kappa shape index (κ2) is 5.44. The zero-order valence-corrected chi connectivity index (χ0v) is 9.80. The van der Waals surface area contributed by atoms with Gasteiger partial charge in [-0.25, -0.2) is 4.79 Å². The molecule has 0 bridgehead atoms. The standard InChI is InChI=1S/C13H13NO4/c15-11-8-9-12(16)14(11)18-13(17)10-6-4-2-1-3-5-7-10/h1-2,4,6-7H,3,5,8-9H2/b2-1-,6-4-,10-7+. The summed E-state index contributed by atoms with van der Waals surface area (Å²) < 4.78 is 0. The van der Waals surface area contributed by atoms with Gasteiger partial charge in [0.15, 0.2) is 0 Å². The van der Waals surface area contributed by atoms with Gasteiger partial charge in [-0.15, -0.1) is 5.06 Å². The average Bonchev–Trinajstić information content (AvgIpc) is 2.60. The Hall–Kier alpha value is -2.17. The molecular weight excluding hydrogens is 234 g/mol. The SMILES string of the molecule is O=C(ON1C(=O)CCC1=O)C1=C/CC\C=C/C=C\1. The molecule has 0 unspecified atom stereocenters. The van der Waals surface area contributed by atoms with Crippen LogP contribution in [0.1, 0.15) is 25.7 Å². The van der Waals surface area contributed by atoms with Crippen LogP contribution in [-0.2, 0) is 19.2 Å². The van der Waals surface area contributed by atoms with Crippen LogP contribution in [0.4, 0.5) is 0 Å². The highest BCUT2D eigenvalue weighted by atomic mass is 16.7. The summed E-state index contributed by atoms with van der Waals surface area (Å²) >= 11 is 0. The number of carbonyl (C=O) groups is 3. The molecule has 5 heteroatoms. The molecule has 1 fully saturated rings. The van der Waals surface area contributed by atoms with E-state index in [1.54, 1.807) is 18.2 Å². The molecule has 2 rings (SSSR count). The van der Waals surface area contributed by atoms with Crippen LogP contribution >= 0.6 is 0 Å². The molecule has 1 saturated heterocycles. The van der Waals surface area contributed by atoms with E-state index in [4.69, 9.17) is 4.84 Å². The van der Waals surface area contributed by atoms with E-state index in [0.29, 0.717) is 17.1 Å². The number of hydroxylamine groups is 2. The fourth-order valence-electron chi connectivity index (χ4n) is 1.68. The Morgan fingerprint density at radius 1 is 1.11 bits per heavy atom. The Morgan fingerprint density at radius 2 is 1.83 bits per heavy atom. The van der Waals surface area contributed by atoms with Crippen LogP contribution in [0.15, 0.2) is 36.0 Å². The van der Waals surface area contributed by atoms with E-state index < -0.39 is 17.8 Å². The Kier molecular flexibility index (Phi) is 3.72. The third-order valence-electron chi connectivity index (χ3n) is 2.64. The first-order chi connectivity index (χ1) is 8.68. The molecule has 0 saturated carbocycles. The van der Waals surface area contributed by atoms with Gasteiger partial charge < -0.3 is 4.84 Å². The predicted molar refractivity (Wildman–Crippen MR) is 62.8 cm³/mol. The molecule has 1 aliphatic heterocycles. The lowest BCUT2D eigenvalue weighted by atomic mass is 10.1. The molecule has 5 nitrogen and oxygen atoms in total. The molecular formula is C13H13NO4. The third kappa shape index (κ3) is 2.74. The summed E-state index contributed by atoms with van der Waals surface area (Å²) in [4.78, 5) is 39.2. The van der Waals surface area contributed by atoms with Crippen molar-refractivity contribution < 1.29 is 19.2 Å². The van der Waals surface area contributed by atoms with Crippen molar-refractivity contribution in [2.24, 2.45) is 0 Å². The molecule has 18 heavy (non-hydrogen) atoms. The van der Waals surface area contributed by atoms with E-state index in [0.717, 1.165) is 6.42 Å². The van der Waals surface area contributed by atoms with Crippen molar-refractivity contribution in [3.8, 4) is 0 Å². The molecule has 1 heterocycles. The zero-order chi connectivity index (χ0) is 13.0. The zero-order valence-electron chi connectivity index (χ0n) is 9.80. The number of carbonyl (C=O) groups excluding carboxylic acids is 3. The van der Waals surface area contributed by atoms with Gasteiger partial charge >= 0.3 is 5.97 Å². The normalized spacial score (nSPS) is 26.0. The van der Waals surface area contributed by atoms with Gasteiger partial charge in [0.1, 0.15) is 0 Å². The molecule has 0 aromatic heterocycles. The van der Waals surface area contributed by atoms with E-state index in [1.165, 1.54) is 0 Å². The van der Waals surface area contributed by atoms with Gasteiger partial charge in [-0.3, -0.25) is 9.59 Å². The van der Waals surface area contributed by atoms with Gasteiger partial charge in [0.2, 0.25) is 0 Å². The summed E-state index contributed by atoms with van der Waals surface area (Å²) in [7, 11) is 0. The number of nitrogens with zero attached hydrogens (tertiary/aromatic N) is 1. The van der Waals surface area contributed by atoms with Crippen molar-refractivity contribution in [2.45, 2.75) is 25.7 Å². The van der Waals surface area contributed by atoms with Crippen LogP contribution in [-0.4, -0.2) is 22.8 Å². The molecule has 94 valence electrons. The first-order valence-corrected chi connectivity index (χ1v) is 5.80. The molecule has 1 aliphatic carbocycles. The van der Waals surface area contributed by atoms with Crippen molar-refractivity contribution in [2.75, 3.05) is 0 Å². The summed E-state index contributed by atoms with van der Waals surface area (Å²) in [5.41, 5.74) is 0.354. The molecule has 2 amide bonds. The second-order valence-corrected chi connectivity index (χ2v) is 3.98. The molecule has 2 aliphatic rings. The number of hydrogen-bond acceptors (Lipinski definition) is 4. The first-order valence-electron chi connectivity index (χ1n) is 5.80. The lowest BCUT2D eigenvalue weighted by Gasteiger charge is -2.13. The molecule has 0 N–H and O–H groups in total. The van der Waals surface area contributed by atoms with Crippen molar-refractivity contribution in [3.05, 3.63) is 36.0 Å². The monoisotopic (exact) mass is 247 g/mol. The molecule has 0 atom stereocenters. The van der Waals surface area contributed by atoms with Crippen molar-refractivity contribution in [1.82, 2.24) is 5.06 Å². The topological polar surface area (TPSA) is 63.7 Å². The van der Waals surface area contributed by atoms with E-state index in [1.807, 2.05) is 12.2 Å². The number of amides is 2. The minimum Gasteiger partial charge on any atom is -0.325 e. The highest BCUT2D eigenvalue weighted by Crippen LogP contribution is 2.15. The van der Waals surface area contributed by atoms with Gasteiger partial charge in [-0.05, 0) is 18.9 Å². The fraction of sp³-hybridized carbons (Fsp3) is 0.308. The van der Waals surface area contributed by atoms with Crippen LogP contribution in [0.25, 0.3) is 0 Å². The molecule has 0 spiro atoms. The maximum atomic E-state index is 11.8. The van der Waals surface area contributed by atoms with E-state index in [2.05, 4.69) is 0 Å². The van der Waals surface area contributed by atoms with Crippen LogP contribution in [0, 0.1) is 0 Å². The lowest BCUT2D eigenvalue weighted by molar-refractivity contribution is -0.194. The van der Waals surface area contributed by atoms with Gasteiger partial charge in [-0.1, -0.05) is 24.3 Å². The third-order valence-corrected chi connectivity index (χ3v) is 2.64. The lowest BCUT2D eigenvalue weighted by Crippen LogP contribution is -2.32. The summed E-state index contributed by atoms with van der Waals surface area (Å²) in [5.74, 6) is -1.61. The Balaban J connectivity index is 2.05. The smallest absolute Gasteiger partial charge is 0.325 e. The summed E-state index contributed by atoms with van der Waals surface area (Å²) in [5, 5.41) is 0.561. The second-order valence-electron chi connectivity index (χ2n) is 3.98. The first kappa shape index (κ1) is 12.3. The highest BCUT2D eigenvalue weighted by Gasteiger charge is 2.33. The Bertz CT molecular complexity index is 457. The quantitative estimate of drug-likeness (QED) is 0.692. The summed E-state index contributed by atoms with van der Waals surface area (Å²) in [6, 6.07) is 0.